The second-order valence-corrected chi connectivity index (χ2v) is 5.14. The Morgan fingerprint density at radius 2 is 2.35 bits per heavy atom. The van der Waals surface area contributed by atoms with Crippen molar-refractivity contribution in [1.82, 2.24) is 10.2 Å². The van der Waals surface area contributed by atoms with E-state index in [0.717, 1.165) is 26.1 Å². The smallest absolute Gasteiger partial charge is 0.251 e. The summed E-state index contributed by atoms with van der Waals surface area (Å²) in [4.78, 5) is 14.4. The van der Waals surface area contributed by atoms with Crippen molar-refractivity contribution in [2.24, 2.45) is 5.92 Å². The number of methoxy groups -OCH3 is 1. The zero-order valence-corrected chi connectivity index (χ0v) is 12.1. The topological polar surface area (TPSA) is 61.8 Å². The maximum absolute atomic E-state index is 12.0. The minimum absolute atomic E-state index is 0.0156. The van der Waals surface area contributed by atoms with Crippen molar-refractivity contribution in [1.29, 1.82) is 0 Å². The number of ether oxygens (including phenoxy) is 1. The summed E-state index contributed by atoms with van der Waals surface area (Å²) < 4.78 is 4.96. The summed E-state index contributed by atoms with van der Waals surface area (Å²) >= 11 is 0. The number of phenols is 1. The number of nitrogens with zero attached hydrogens (tertiary/aromatic N) is 1. The van der Waals surface area contributed by atoms with Gasteiger partial charge < -0.3 is 20.1 Å². The number of nitrogens with one attached hydrogen (secondary N) is 1. The molecule has 5 nitrogen and oxygen atoms in total. The number of hydrogen-bond acceptors (Lipinski definition) is 4. The van der Waals surface area contributed by atoms with Crippen LogP contribution in [0.4, 0.5) is 0 Å². The van der Waals surface area contributed by atoms with Crippen molar-refractivity contribution in [3.8, 4) is 11.5 Å². The van der Waals surface area contributed by atoms with Crippen LogP contribution in [0.2, 0.25) is 0 Å². The molecule has 0 aromatic heterocycles. The van der Waals surface area contributed by atoms with Gasteiger partial charge in [0.2, 0.25) is 0 Å². The molecule has 1 aliphatic heterocycles. The van der Waals surface area contributed by atoms with Gasteiger partial charge in [-0.1, -0.05) is 6.92 Å². The van der Waals surface area contributed by atoms with Gasteiger partial charge in [0.15, 0.2) is 11.5 Å². The van der Waals surface area contributed by atoms with Gasteiger partial charge in [-0.2, -0.15) is 0 Å². The van der Waals surface area contributed by atoms with E-state index in [1.54, 1.807) is 12.1 Å². The molecule has 2 rings (SSSR count). The van der Waals surface area contributed by atoms with Crippen LogP contribution in [0, 0.1) is 5.92 Å². The fourth-order valence-electron chi connectivity index (χ4n) is 2.54. The number of rotatable bonds is 5. The molecule has 1 atom stereocenters. The number of likely N-dealkylation sites (tertiary alicyclic amines) is 1. The van der Waals surface area contributed by atoms with Gasteiger partial charge in [-0.15, -0.1) is 0 Å². The van der Waals surface area contributed by atoms with E-state index in [0.29, 0.717) is 23.8 Å². The van der Waals surface area contributed by atoms with E-state index in [1.165, 1.54) is 13.2 Å². The van der Waals surface area contributed by atoms with Gasteiger partial charge in [-0.25, -0.2) is 0 Å². The molecule has 1 amide bonds. The van der Waals surface area contributed by atoms with Crippen LogP contribution in [0.3, 0.4) is 0 Å². The quantitative estimate of drug-likeness (QED) is 0.856. The van der Waals surface area contributed by atoms with E-state index in [9.17, 15) is 9.90 Å². The normalized spacial score (nSPS) is 19.0. The first-order valence-corrected chi connectivity index (χ1v) is 7.01. The third-order valence-corrected chi connectivity index (χ3v) is 3.81. The highest BCUT2D eigenvalue weighted by atomic mass is 16.5. The fourth-order valence-corrected chi connectivity index (χ4v) is 2.54. The van der Waals surface area contributed by atoms with Gasteiger partial charge in [-0.3, -0.25) is 4.79 Å². The Bertz CT molecular complexity index is 476. The molecule has 1 aliphatic rings. The van der Waals surface area contributed by atoms with Crippen LogP contribution in [-0.2, 0) is 0 Å². The average molecular weight is 278 g/mol. The van der Waals surface area contributed by atoms with Gasteiger partial charge in [0.05, 0.1) is 7.11 Å². The molecular formula is C15H22N2O3. The molecule has 0 aliphatic carbocycles. The number of carbonyl (C=O) groups excluding carboxylic acids is 1. The highest BCUT2D eigenvalue weighted by Crippen LogP contribution is 2.26. The summed E-state index contributed by atoms with van der Waals surface area (Å²) in [6, 6.07) is 4.68. The molecule has 0 radical (unpaired) electrons. The molecule has 2 N–H and O–H groups in total. The van der Waals surface area contributed by atoms with Crippen LogP contribution < -0.4 is 10.1 Å². The van der Waals surface area contributed by atoms with E-state index in [1.807, 2.05) is 0 Å². The fraction of sp³-hybridized carbons (Fsp3) is 0.533. The minimum atomic E-state index is -0.155. The second kappa shape index (κ2) is 6.61. The molecule has 1 aromatic carbocycles. The van der Waals surface area contributed by atoms with E-state index in [2.05, 4.69) is 17.1 Å². The maximum Gasteiger partial charge on any atom is 0.251 e. The van der Waals surface area contributed by atoms with Crippen LogP contribution in [0.1, 0.15) is 23.7 Å². The molecular weight excluding hydrogens is 256 g/mol. The molecule has 1 unspecified atom stereocenters. The molecule has 1 aromatic rings. The van der Waals surface area contributed by atoms with Crippen LogP contribution in [0.5, 0.6) is 11.5 Å². The lowest BCUT2D eigenvalue weighted by Gasteiger charge is -2.14. The van der Waals surface area contributed by atoms with Crippen molar-refractivity contribution >= 4 is 5.91 Å². The van der Waals surface area contributed by atoms with Crippen molar-refractivity contribution in [3.63, 3.8) is 0 Å². The van der Waals surface area contributed by atoms with Gasteiger partial charge in [0.1, 0.15) is 0 Å². The summed E-state index contributed by atoms with van der Waals surface area (Å²) in [5.74, 6) is 0.720. The monoisotopic (exact) mass is 278 g/mol. The van der Waals surface area contributed by atoms with Crippen molar-refractivity contribution < 1.29 is 14.6 Å². The molecule has 110 valence electrons. The number of benzene rings is 1. The Hall–Kier alpha value is -1.75. The highest BCUT2D eigenvalue weighted by Gasteiger charge is 2.21. The van der Waals surface area contributed by atoms with Crippen molar-refractivity contribution in [2.45, 2.75) is 13.3 Å². The summed E-state index contributed by atoms with van der Waals surface area (Å²) in [5, 5.41) is 12.6. The summed E-state index contributed by atoms with van der Waals surface area (Å²) in [5.41, 5.74) is 0.452. The molecule has 5 heteroatoms. The minimum Gasteiger partial charge on any atom is -0.504 e. The zero-order valence-electron chi connectivity index (χ0n) is 12.1. The second-order valence-electron chi connectivity index (χ2n) is 5.14. The molecule has 20 heavy (non-hydrogen) atoms. The maximum atomic E-state index is 12.0. The van der Waals surface area contributed by atoms with E-state index < -0.39 is 0 Å². The highest BCUT2D eigenvalue weighted by molar-refractivity contribution is 5.94. The third kappa shape index (κ3) is 3.42. The Kier molecular flexibility index (Phi) is 4.84. The first kappa shape index (κ1) is 14.7. The number of carbonyl (C=O) groups is 1. The molecule has 0 spiro atoms. The third-order valence-electron chi connectivity index (χ3n) is 3.81. The van der Waals surface area contributed by atoms with Gasteiger partial charge in [0, 0.05) is 18.7 Å². The molecule has 0 bridgehead atoms. The lowest BCUT2D eigenvalue weighted by molar-refractivity contribution is 0.0947. The Labute approximate surface area is 119 Å². The number of hydrogen-bond donors (Lipinski definition) is 2. The van der Waals surface area contributed by atoms with E-state index >= 15 is 0 Å². The van der Waals surface area contributed by atoms with Crippen molar-refractivity contribution in [3.05, 3.63) is 23.8 Å². The predicted molar refractivity (Wildman–Crippen MR) is 77.2 cm³/mol. The standard InChI is InChI=1S/C15H22N2O3/c1-3-17-7-6-11(10-17)9-16-15(19)12-4-5-14(20-2)13(18)8-12/h4-5,8,11,18H,3,6-7,9-10H2,1-2H3,(H,16,19). The summed E-state index contributed by atoms with van der Waals surface area (Å²) in [6.07, 6.45) is 1.13. The van der Waals surface area contributed by atoms with Crippen LogP contribution in [0.15, 0.2) is 18.2 Å². The first-order chi connectivity index (χ1) is 9.63. The first-order valence-electron chi connectivity index (χ1n) is 7.01. The average Bonchev–Trinajstić information content (AvgIpc) is 2.92. The van der Waals surface area contributed by atoms with Gasteiger partial charge in [0.25, 0.3) is 5.91 Å². The number of aromatic hydroxyl groups is 1. The van der Waals surface area contributed by atoms with Crippen LogP contribution in [0.25, 0.3) is 0 Å². The number of phenolic OH excluding ortho intramolecular Hbond substituents is 1. The predicted octanol–water partition coefficient (Wildman–Crippen LogP) is 1.47. The van der Waals surface area contributed by atoms with E-state index in [-0.39, 0.29) is 11.7 Å². The zero-order chi connectivity index (χ0) is 14.5. The van der Waals surface area contributed by atoms with Gasteiger partial charge >= 0.3 is 0 Å². The van der Waals surface area contributed by atoms with Crippen LogP contribution in [-0.4, -0.2) is 49.2 Å². The van der Waals surface area contributed by atoms with Crippen molar-refractivity contribution in [2.75, 3.05) is 33.3 Å². The molecule has 1 fully saturated rings. The lowest BCUT2D eigenvalue weighted by Crippen LogP contribution is -2.31. The summed E-state index contributed by atoms with van der Waals surface area (Å²) in [6.45, 7) is 6.06. The molecule has 0 saturated carbocycles. The Morgan fingerprint density at radius 3 is 2.95 bits per heavy atom. The lowest BCUT2D eigenvalue weighted by atomic mass is 10.1. The molecule has 1 heterocycles. The Balaban J connectivity index is 1.87. The van der Waals surface area contributed by atoms with Gasteiger partial charge in [-0.05, 0) is 43.6 Å². The Morgan fingerprint density at radius 1 is 1.55 bits per heavy atom. The SMILES string of the molecule is CCN1CCC(CNC(=O)c2ccc(OC)c(O)c2)C1. The summed E-state index contributed by atoms with van der Waals surface area (Å²) in [7, 11) is 1.48. The van der Waals surface area contributed by atoms with E-state index in [4.69, 9.17) is 4.74 Å². The molecule has 1 saturated heterocycles. The van der Waals surface area contributed by atoms with Crippen LogP contribution >= 0.6 is 0 Å². The number of amides is 1. The largest absolute Gasteiger partial charge is 0.504 e.